The van der Waals surface area contributed by atoms with Crippen molar-refractivity contribution < 1.29 is 22.8 Å². The number of carbonyl (C=O) groups excluding carboxylic acids is 2. The van der Waals surface area contributed by atoms with Crippen LogP contribution in [0.1, 0.15) is 28.8 Å². The molecule has 20 heavy (non-hydrogen) atoms. The average molecular weight is 283 g/mol. The molecule has 1 aliphatic heterocycles. The third kappa shape index (κ3) is 2.45. The van der Waals surface area contributed by atoms with E-state index < -0.39 is 23.4 Å². The molecule has 0 aromatic heterocycles. The van der Waals surface area contributed by atoms with Gasteiger partial charge in [0.2, 0.25) is 0 Å². The van der Waals surface area contributed by atoms with E-state index in [0.717, 1.165) is 12.1 Å². The number of amides is 1. The highest BCUT2D eigenvalue weighted by Crippen LogP contribution is 2.36. The van der Waals surface area contributed by atoms with Gasteiger partial charge in [-0.1, -0.05) is 6.08 Å². The van der Waals surface area contributed by atoms with Crippen molar-refractivity contribution >= 4 is 17.4 Å². The molecule has 0 aliphatic carbocycles. The molecule has 3 nitrogen and oxygen atoms in total. The van der Waals surface area contributed by atoms with Crippen LogP contribution in [0, 0.1) is 0 Å². The summed E-state index contributed by atoms with van der Waals surface area (Å²) in [6.45, 7) is 3.83. The van der Waals surface area contributed by atoms with Gasteiger partial charge in [0, 0.05) is 6.54 Å². The molecular weight excluding hydrogens is 271 g/mol. The van der Waals surface area contributed by atoms with Crippen LogP contribution in [0.25, 0.3) is 0 Å². The number of nitrogens with zero attached hydrogens (tertiary/aromatic N) is 1. The summed E-state index contributed by atoms with van der Waals surface area (Å²) in [6, 6.07) is 2.79. The van der Waals surface area contributed by atoms with E-state index in [4.69, 9.17) is 0 Å². The van der Waals surface area contributed by atoms with Crippen LogP contribution in [0.4, 0.5) is 18.9 Å². The zero-order valence-corrected chi connectivity index (χ0v) is 10.5. The second-order valence-corrected chi connectivity index (χ2v) is 4.45. The van der Waals surface area contributed by atoms with Crippen LogP contribution in [-0.2, 0) is 11.0 Å². The number of benzene rings is 1. The number of hydrogen-bond donors (Lipinski definition) is 0. The molecule has 1 amide bonds. The third-order valence-electron chi connectivity index (χ3n) is 3.09. The molecule has 0 N–H and O–H groups in total. The van der Waals surface area contributed by atoms with Crippen molar-refractivity contribution in [3.8, 4) is 0 Å². The minimum Gasteiger partial charge on any atom is -0.305 e. The fourth-order valence-corrected chi connectivity index (χ4v) is 2.09. The zero-order valence-electron chi connectivity index (χ0n) is 10.5. The van der Waals surface area contributed by atoms with Crippen molar-refractivity contribution in [1.29, 1.82) is 0 Å². The highest BCUT2D eigenvalue weighted by Gasteiger charge is 2.38. The van der Waals surface area contributed by atoms with E-state index in [1.54, 1.807) is 6.08 Å². The van der Waals surface area contributed by atoms with Crippen molar-refractivity contribution in [3.63, 3.8) is 0 Å². The fourth-order valence-electron chi connectivity index (χ4n) is 2.09. The van der Waals surface area contributed by atoms with Gasteiger partial charge in [-0.25, -0.2) is 0 Å². The Hall–Kier alpha value is -2.11. The third-order valence-corrected chi connectivity index (χ3v) is 3.09. The van der Waals surface area contributed by atoms with Crippen LogP contribution >= 0.6 is 0 Å². The Balaban J connectivity index is 2.34. The number of allylic oxidation sites excluding steroid dienone is 1. The molecule has 0 fully saturated rings. The van der Waals surface area contributed by atoms with E-state index in [2.05, 4.69) is 6.58 Å². The van der Waals surface area contributed by atoms with Gasteiger partial charge in [0.15, 0.2) is 0 Å². The largest absolute Gasteiger partial charge is 0.416 e. The van der Waals surface area contributed by atoms with Gasteiger partial charge in [0.25, 0.3) is 11.7 Å². The summed E-state index contributed by atoms with van der Waals surface area (Å²) in [7, 11) is 0. The van der Waals surface area contributed by atoms with Gasteiger partial charge in [0.05, 0.1) is 16.8 Å². The van der Waals surface area contributed by atoms with Gasteiger partial charge in [-0.05, 0) is 31.0 Å². The molecule has 0 spiro atoms. The fraction of sp³-hybridized carbons (Fsp3) is 0.286. The lowest BCUT2D eigenvalue weighted by atomic mass is 10.1. The minimum absolute atomic E-state index is 0.177. The van der Waals surface area contributed by atoms with E-state index in [9.17, 15) is 22.8 Å². The van der Waals surface area contributed by atoms with Crippen LogP contribution in [0.5, 0.6) is 0 Å². The minimum atomic E-state index is -4.53. The molecule has 0 radical (unpaired) electrons. The maximum absolute atomic E-state index is 12.6. The highest BCUT2D eigenvalue weighted by molar-refractivity contribution is 6.52. The predicted octanol–water partition coefficient (Wildman–Crippen LogP) is 3.20. The number of hydrogen-bond acceptors (Lipinski definition) is 2. The Morgan fingerprint density at radius 2 is 1.95 bits per heavy atom. The van der Waals surface area contributed by atoms with Crippen LogP contribution < -0.4 is 4.90 Å². The number of ketones is 1. The number of Topliss-reactive ketones (excluding diaryl/α,β-unsaturated/α-hetero) is 1. The van der Waals surface area contributed by atoms with Crippen LogP contribution in [0.2, 0.25) is 0 Å². The predicted molar refractivity (Wildman–Crippen MR) is 67.6 cm³/mol. The first-order valence-electron chi connectivity index (χ1n) is 6.04. The summed E-state index contributed by atoms with van der Waals surface area (Å²) in [5, 5.41) is 0. The summed E-state index contributed by atoms with van der Waals surface area (Å²) in [6.07, 6.45) is -1.60. The molecular formula is C14H12F3NO2. The lowest BCUT2D eigenvalue weighted by Gasteiger charge is -2.16. The van der Waals surface area contributed by atoms with E-state index in [0.29, 0.717) is 12.8 Å². The van der Waals surface area contributed by atoms with E-state index in [-0.39, 0.29) is 17.8 Å². The van der Waals surface area contributed by atoms with Crippen molar-refractivity contribution in [3.05, 3.63) is 42.0 Å². The Kier molecular flexibility index (Phi) is 3.65. The van der Waals surface area contributed by atoms with Crippen molar-refractivity contribution in [2.24, 2.45) is 0 Å². The molecule has 0 saturated heterocycles. The average Bonchev–Trinajstić information content (AvgIpc) is 2.63. The van der Waals surface area contributed by atoms with Gasteiger partial charge < -0.3 is 4.90 Å². The number of rotatable bonds is 4. The quantitative estimate of drug-likeness (QED) is 0.483. The Bertz CT molecular complexity index is 578. The van der Waals surface area contributed by atoms with Crippen LogP contribution in [0.15, 0.2) is 30.9 Å². The molecule has 1 aliphatic rings. The first-order valence-corrected chi connectivity index (χ1v) is 6.04. The van der Waals surface area contributed by atoms with E-state index in [1.165, 1.54) is 11.0 Å². The highest BCUT2D eigenvalue weighted by atomic mass is 19.4. The molecule has 1 heterocycles. The van der Waals surface area contributed by atoms with E-state index in [1.807, 2.05) is 0 Å². The standard InChI is InChI=1S/C14H12F3NO2/c1-2-3-4-7-18-11-6-5-9(14(15,16)17)8-10(11)12(19)13(18)20/h2,5-6,8H,1,3-4,7H2. The maximum Gasteiger partial charge on any atom is 0.416 e. The molecule has 0 saturated carbocycles. The summed E-state index contributed by atoms with van der Waals surface area (Å²) in [4.78, 5) is 24.8. The van der Waals surface area contributed by atoms with Gasteiger partial charge in [-0.2, -0.15) is 13.2 Å². The number of halogens is 3. The molecule has 0 atom stereocenters. The SMILES string of the molecule is C=CCCCN1C(=O)C(=O)c2cc(C(F)(F)F)ccc21. The number of anilines is 1. The second-order valence-electron chi connectivity index (χ2n) is 4.45. The molecule has 2 rings (SSSR count). The summed E-state index contributed by atoms with van der Waals surface area (Å²) in [5.74, 6) is -1.66. The number of carbonyl (C=O) groups is 2. The Morgan fingerprint density at radius 3 is 2.55 bits per heavy atom. The van der Waals surface area contributed by atoms with Gasteiger partial charge in [-0.15, -0.1) is 6.58 Å². The summed E-state index contributed by atoms with van der Waals surface area (Å²) >= 11 is 0. The normalized spacial score (nSPS) is 14.7. The maximum atomic E-state index is 12.6. The molecule has 6 heteroatoms. The lowest BCUT2D eigenvalue weighted by Crippen LogP contribution is -2.30. The van der Waals surface area contributed by atoms with Crippen LogP contribution in [0.3, 0.4) is 0 Å². The number of fused-ring (bicyclic) bond motifs is 1. The van der Waals surface area contributed by atoms with Gasteiger partial charge in [0.1, 0.15) is 0 Å². The monoisotopic (exact) mass is 283 g/mol. The second kappa shape index (κ2) is 5.11. The molecule has 106 valence electrons. The molecule has 1 aromatic carbocycles. The van der Waals surface area contributed by atoms with Crippen molar-refractivity contribution in [1.82, 2.24) is 0 Å². The number of unbranched alkanes of at least 4 members (excludes halogenated alkanes) is 1. The summed E-state index contributed by atoms with van der Waals surface area (Å²) < 4.78 is 37.8. The number of alkyl halides is 3. The molecule has 0 unspecified atom stereocenters. The Morgan fingerprint density at radius 1 is 1.25 bits per heavy atom. The molecule has 0 bridgehead atoms. The molecule has 1 aromatic rings. The first kappa shape index (κ1) is 14.3. The van der Waals surface area contributed by atoms with Crippen molar-refractivity contribution in [2.45, 2.75) is 19.0 Å². The zero-order chi connectivity index (χ0) is 14.9. The van der Waals surface area contributed by atoms with E-state index >= 15 is 0 Å². The topological polar surface area (TPSA) is 37.4 Å². The van der Waals surface area contributed by atoms with Crippen molar-refractivity contribution in [2.75, 3.05) is 11.4 Å². The summed E-state index contributed by atoms with van der Waals surface area (Å²) in [5.41, 5.74) is -0.856. The van der Waals surface area contributed by atoms with Gasteiger partial charge >= 0.3 is 6.18 Å². The van der Waals surface area contributed by atoms with Crippen LogP contribution in [-0.4, -0.2) is 18.2 Å². The van der Waals surface area contributed by atoms with Gasteiger partial charge in [-0.3, -0.25) is 9.59 Å². The smallest absolute Gasteiger partial charge is 0.305 e. The Labute approximate surface area is 113 Å². The lowest BCUT2D eigenvalue weighted by molar-refractivity contribution is -0.137. The first-order chi connectivity index (χ1) is 9.36.